The zero-order chi connectivity index (χ0) is 20.1. The van der Waals surface area contributed by atoms with Crippen LogP contribution in [0.2, 0.25) is 0 Å². The molecule has 1 heterocycles. The number of benzene rings is 2. The van der Waals surface area contributed by atoms with Crippen LogP contribution in [-0.4, -0.2) is 27.9 Å². The fourth-order valence-electron chi connectivity index (χ4n) is 2.66. The van der Waals surface area contributed by atoms with E-state index in [2.05, 4.69) is 29.1 Å². The number of carbonyl (C=O) groups is 2. The number of amides is 1. The molecule has 3 aromatic rings. The van der Waals surface area contributed by atoms with Crippen LogP contribution in [0.3, 0.4) is 0 Å². The normalized spacial score (nSPS) is 11.9. The maximum Gasteiger partial charge on any atom is 0.338 e. The highest BCUT2D eigenvalue weighted by molar-refractivity contribution is 5.97. The molecule has 144 valence electrons. The van der Waals surface area contributed by atoms with E-state index in [4.69, 9.17) is 4.74 Å². The van der Waals surface area contributed by atoms with Crippen LogP contribution in [0.1, 0.15) is 42.6 Å². The average Bonchev–Trinajstić information content (AvgIpc) is 3.23. The molecule has 0 fully saturated rings. The lowest BCUT2D eigenvalue weighted by Crippen LogP contribution is -2.30. The lowest BCUT2D eigenvalue weighted by Gasteiger charge is -2.14. The zero-order valence-electron chi connectivity index (χ0n) is 16.1. The molecule has 1 aromatic heterocycles. The van der Waals surface area contributed by atoms with E-state index in [0.717, 1.165) is 11.4 Å². The molecule has 0 aliphatic rings. The van der Waals surface area contributed by atoms with Gasteiger partial charge in [-0.15, -0.1) is 0 Å². The molecule has 0 spiro atoms. The number of nitrogens with zero attached hydrogens (tertiary/aromatic N) is 1. The first-order chi connectivity index (χ1) is 13.4. The fourth-order valence-corrected chi connectivity index (χ4v) is 2.66. The van der Waals surface area contributed by atoms with Gasteiger partial charge in [-0.05, 0) is 42.7 Å². The second kappa shape index (κ2) is 8.52. The summed E-state index contributed by atoms with van der Waals surface area (Å²) >= 11 is 0. The van der Waals surface area contributed by atoms with Crippen LogP contribution in [0.15, 0.2) is 60.9 Å². The first kappa shape index (κ1) is 19.4. The molecule has 0 bridgehead atoms. The second-order valence-electron chi connectivity index (χ2n) is 6.83. The number of nitrogens with one attached hydrogen (secondary N) is 2. The summed E-state index contributed by atoms with van der Waals surface area (Å²) in [5.41, 5.74) is 3.09. The van der Waals surface area contributed by atoms with Crippen LogP contribution in [0, 0.1) is 0 Å². The Balaban J connectivity index is 1.57. The minimum absolute atomic E-state index is 0.372. The highest BCUT2D eigenvalue weighted by Crippen LogP contribution is 2.18. The Kier molecular flexibility index (Phi) is 5.89. The van der Waals surface area contributed by atoms with Gasteiger partial charge in [0.1, 0.15) is 5.82 Å². The van der Waals surface area contributed by atoms with Crippen LogP contribution in [0.25, 0.3) is 11.4 Å². The quantitative estimate of drug-likeness (QED) is 0.624. The summed E-state index contributed by atoms with van der Waals surface area (Å²) in [5.74, 6) is 0.210. The summed E-state index contributed by atoms with van der Waals surface area (Å²) < 4.78 is 5.29. The molecule has 0 saturated carbocycles. The van der Waals surface area contributed by atoms with Gasteiger partial charge in [0.05, 0.1) is 5.56 Å². The van der Waals surface area contributed by atoms with Gasteiger partial charge in [-0.1, -0.05) is 38.1 Å². The van der Waals surface area contributed by atoms with E-state index in [1.165, 1.54) is 5.56 Å². The van der Waals surface area contributed by atoms with Crippen molar-refractivity contribution < 1.29 is 14.3 Å². The lowest BCUT2D eigenvalue weighted by molar-refractivity contribution is -0.123. The molecule has 1 unspecified atom stereocenters. The number of carbonyl (C=O) groups excluding carboxylic acids is 2. The summed E-state index contributed by atoms with van der Waals surface area (Å²) in [6.45, 7) is 5.76. The molecule has 0 saturated heterocycles. The third kappa shape index (κ3) is 4.65. The molecule has 3 rings (SSSR count). The van der Waals surface area contributed by atoms with E-state index in [-0.39, 0.29) is 5.91 Å². The summed E-state index contributed by atoms with van der Waals surface area (Å²) in [6.07, 6.45) is 2.48. The molecule has 2 aromatic carbocycles. The van der Waals surface area contributed by atoms with Crippen molar-refractivity contribution in [2.24, 2.45) is 0 Å². The van der Waals surface area contributed by atoms with E-state index in [1.807, 2.05) is 24.3 Å². The van der Waals surface area contributed by atoms with Crippen molar-refractivity contribution in [3.05, 3.63) is 72.1 Å². The SMILES string of the molecule is CC(OC(=O)c1ccc(-c2ncc[nH]2)cc1)C(=O)Nc1ccc(C(C)C)cc1. The molecule has 0 aliphatic heterocycles. The van der Waals surface area contributed by atoms with Crippen molar-refractivity contribution in [3.63, 3.8) is 0 Å². The Morgan fingerprint density at radius 3 is 2.25 bits per heavy atom. The van der Waals surface area contributed by atoms with Crippen molar-refractivity contribution in [2.75, 3.05) is 5.32 Å². The van der Waals surface area contributed by atoms with Crippen LogP contribution < -0.4 is 5.32 Å². The standard InChI is InChI=1S/C22H23N3O3/c1-14(2)16-8-10-19(11-9-16)25-21(26)15(3)28-22(27)18-6-4-17(5-7-18)20-23-12-13-24-20/h4-15H,1-3H3,(H,23,24)(H,25,26). The van der Waals surface area contributed by atoms with Gasteiger partial charge in [0.15, 0.2) is 6.10 Å². The summed E-state index contributed by atoms with van der Waals surface area (Å²) in [5, 5.41) is 2.76. The number of hydrogen-bond acceptors (Lipinski definition) is 4. The van der Waals surface area contributed by atoms with Crippen LogP contribution >= 0.6 is 0 Å². The first-order valence-corrected chi connectivity index (χ1v) is 9.15. The minimum atomic E-state index is -0.915. The lowest BCUT2D eigenvalue weighted by atomic mass is 10.0. The van der Waals surface area contributed by atoms with Gasteiger partial charge in [0, 0.05) is 23.6 Å². The maximum atomic E-state index is 12.3. The number of anilines is 1. The van der Waals surface area contributed by atoms with Gasteiger partial charge in [-0.3, -0.25) is 4.79 Å². The van der Waals surface area contributed by atoms with Gasteiger partial charge in [-0.2, -0.15) is 0 Å². The fraction of sp³-hybridized carbons (Fsp3) is 0.227. The van der Waals surface area contributed by atoms with Gasteiger partial charge < -0.3 is 15.0 Å². The number of aromatic amines is 1. The molecular formula is C22H23N3O3. The van der Waals surface area contributed by atoms with Crippen LogP contribution in [0.5, 0.6) is 0 Å². The topological polar surface area (TPSA) is 84.1 Å². The van der Waals surface area contributed by atoms with Crippen LogP contribution in [0.4, 0.5) is 5.69 Å². The van der Waals surface area contributed by atoms with E-state index in [9.17, 15) is 9.59 Å². The predicted octanol–water partition coefficient (Wildman–Crippen LogP) is 4.38. The molecule has 2 N–H and O–H groups in total. The van der Waals surface area contributed by atoms with Crippen molar-refractivity contribution in [1.82, 2.24) is 9.97 Å². The zero-order valence-corrected chi connectivity index (χ0v) is 16.1. The van der Waals surface area contributed by atoms with E-state index in [0.29, 0.717) is 17.2 Å². The second-order valence-corrected chi connectivity index (χ2v) is 6.83. The third-order valence-corrected chi connectivity index (χ3v) is 4.39. The van der Waals surface area contributed by atoms with E-state index in [1.54, 1.807) is 43.6 Å². The van der Waals surface area contributed by atoms with Gasteiger partial charge in [-0.25, -0.2) is 9.78 Å². The Morgan fingerprint density at radius 2 is 1.68 bits per heavy atom. The average molecular weight is 377 g/mol. The Labute approximate surface area is 164 Å². The van der Waals surface area contributed by atoms with Gasteiger partial charge in [0.25, 0.3) is 5.91 Å². The summed E-state index contributed by atoms with van der Waals surface area (Å²) in [4.78, 5) is 31.8. The van der Waals surface area contributed by atoms with Crippen molar-refractivity contribution in [1.29, 1.82) is 0 Å². The Morgan fingerprint density at radius 1 is 1.00 bits per heavy atom. The monoisotopic (exact) mass is 377 g/mol. The summed E-state index contributed by atoms with van der Waals surface area (Å²) in [6, 6.07) is 14.5. The minimum Gasteiger partial charge on any atom is -0.449 e. The molecule has 1 atom stereocenters. The van der Waals surface area contributed by atoms with Crippen molar-refractivity contribution in [2.45, 2.75) is 32.8 Å². The number of hydrogen-bond donors (Lipinski definition) is 2. The molecule has 0 radical (unpaired) electrons. The summed E-state index contributed by atoms with van der Waals surface area (Å²) in [7, 11) is 0. The number of ether oxygens (including phenoxy) is 1. The highest BCUT2D eigenvalue weighted by atomic mass is 16.5. The molecule has 28 heavy (non-hydrogen) atoms. The first-order valence-electron chi connectivity index (χ1n) is 9.15. The van der Waals surface area contributed by atoms with Gasteiger partial charge in [0.2, 0.25) is 0 Å². The van der Waals surface area contributed by atoms with Crippen molar-refractivity contribution in [3.8, 4) is 11.4 Å². The smallest absolute Gasteiger partial charge is 0.338 e. The van der Waals surface area contributed by atoms with Crippen LogP contribution in [-0.2, 0) is 9.53 Å². The number of rotatable bonds is 6. The number of aromatic nitrogens is 2. The number of H-pyrrole nitrogens is 1. The maximum absolute atomic E-state index is 12.3. The largest absolute Gasteiger partial charge is 0.449 e. The van der Waals surface area contributed by atoms with Gasteiger partial charge >= 0.3 is 5.97 Å². The van der Waals surface area contributed by atoms with E-state index >= 15 is 0 Å². The Bertz CT molecular complexity index is 930. The van der Waals surface area contributed by atoms with E-state index < -0.39 is 12.1 Å². The predicted molar refractivity (Wildman–Crippen MR) is 108 cm³/mol. The van der Waals surface area contributed by atoms with Crippen molar-refractivity contribution >= 4 is 17.6 Å². The molecule has 6 heteroatoms. The molecular weight excluding hydrogens is 354 g/mol. The molecule has 0 aliphatic carbocycles. The number of esters is 1. The number of imidazole rings is 1. The molecule has 1 amide bonds. The highest BCUT2D eigenvalue weighted by Gasteiger charge is 2.19. The third-order valence-electron chi connectivity index (χ3n) is 4.39. The Hall–Kier alpha value is -3.41. The molecule has 6 nitrogen and oxygen atoms in total.